The highest BCUT2D eigenvalue weighted by atomic mass is 32.1. The molecule has 1 aromatic heterocycles. The molecule has 7 heteroatoms. The quantitative estimate of drug-likeness (QED) is 0.870. The maximum atomic E-state index is 13.3. The topological polar surface area (TPSA) is 63.7 Å². The molecule has 2 atom stereocenters. The van der Waals surface area contributed by atoms with E-state index in [1.54, 1.807) is 14.2 Å². The first-order valence-electron chi connectivity index (χ1n) is 8.71. The van der Waals surface area contributed by atoms with Crippen LogP contribution in [0.2, 0.25) is 0 Å². The van der Waals surface area contributed by atoms with Gasteiger partial charge in [0.25, 0.3) is 5.91 Å². The normalized spacial score (nSPS) is 18.6. The molecular formula is C19H25N3O3S. The van der Waals surface area contributed by atoms with Crippen LogP contribution in [0.25, 0.3) is 0 Å². The summed E-state index contributed by atoms with van der Waals surface area (Å²) < 4.78 is 10.9. The number of hydrogen-bond acceptors (Lipinski definition) is 6. The van der Waals surface area contributed by atoms with Gasteiger partial charge in [-0.25, -0.2) is 4.98 Å². The van der Waals surface area contributed by atoms with Gasteiger partial charge in [-0.3, -0.25) is 4.79 Å². The fraction of sp³-hybridized carbons (Fsp3) is 0.474. The molecule has 2 heterocycles. The molecule has 1 saturated heterocycles. The van der Waals surface area contributed by atoms with E-state index in [9.17, 15) is 4.79 Å². The van der Waals surface area contributed by atoms with Crippen LogP contribution in [-0.4, -0.2) is 49.6 Å². The molecule has 0 aliphatic carbocycles. The van der Waals surface area contributed by atoms with E-state index >= 15 is 0 Å². The zero-order valence-electron chi connectivity index (χ0n) is 15.6. The number of hydrogen-bond donors (Lipinski definition) is 1. The largest absolute Gasteiger partial charge is 0.496 e. The summed E-state index contributed by atoms with van der Waals surface area (Å²) in [4.78, 5) is 20.5. The average molecular weight is 375 g/mol. The molecule has 0 bridgehead atoms. The third-order valence-corrected chi connectivity index (χ3v) is 6.02. The van der Waals surface area contributed by atoms with E-state index in [1.165, 1.54) is 11.3 Å². The van der Waals surface area contributed by atoms with Crippen LogP contribution in [0, 0.1) is 6.92 Å². The molecule has 1 N–H and O–H groups in total. The second-order valence-electron chi connectivity index (χ2n) is 6.30. The number of para-hydroxylation sites is 1. The third kappa shape index (κ3) is 3.60. The van der Waals surface area contributed by atoms with Crippen molar-refractivity contribution < 1.29 is 14.3 Å². The Morgan fingerprint density at radius 3 is 2.88 bits per heavy atom. The van der Waals surface area contributed by atoms with E-state index in [0.717, 1.165) is 28.6 Å². The molecule has 140 valence electrons. The summed E-state index contributed by atoms with van der Waals surface area (Å²) in [5, 5.41) is 4.22. The van der Waals surface area contributed by atoms with Gasteiger partial charge in [0.2, 0.25) is 0 Å². The van der Waals surface area contributed by atoms with Gasteiger partial charge in [-0.15, -0.1) is 11.3 Å². The number of methoxy groups -OCH3 is 2. The molecule has 1 aromatic carbocycles. The minimum atomic E-state index is -0.117. The second kappa shape index (κ2) is 8.16. The van der Waals surface area contributed by atoms with Crippen molar-refractivity contribution >= 4 is 17.2 Å². The molecule has 2 unspecified atom stereocenters. The number of carbonyl (C=O) groups excluding carboxylic acids is 1. The molecular weight excluding hydrogens is 350 g/mol. The standard InChI is InChI=1S/C19H25N3O3S/c1-12-17(26-18(21-12)13(2)24-3)19(23)22-10-9-20-11-15(22)14-7-5-6-8-16(14)25-4/h5-8,13,15,20H,9-11H2,1-4H3. The summed E-state index contributed by atoms with van der Waals surface area (Å²) in [5.41, 5.74) is 1.78. The Balaban J connectivity index is 1.93. The number of thiazole rings is 1. The highest BCUT2D eigenvalue weighted by Crippen LogP contribution is 2.33. The fourth-order valence-corrected chi connectivity index (χ4v) is 4.24. The van der Waals surface area contributed by atoms with Crippen LogP contribution >= 0.6 is 11.3 Å². The van der Waals surface area contributed by atoms with Crippen molar-refractivity contribution in [2.75, 3.05) is 33.9 Å². The summed E-state index contributed by atoms with van der Waals surface area (Å²) in [5.74, 6) is 0.820. The predicted octanol–water partition coefficient (Wildman–Crippen LogP) is 2.95. The summed E-state index contributed by atoms with van der Waals surface area (Å²) in [6.45, 7) is 5.95. The number of piperazine rings is 1. The number of ether oxygens (including phenoxy) is 2. The third-order valence-electron chi connectivity index (χ3n) is 4.71. The number of aryl methyl sites for hydroxylation is 1. The molecule has 1 amide bonds. The molecule has 1 aliphatic heterocycles. The highest BCUT2D eigenvalue weighted by molar-refractivity contribution is 7.13. The van der Waals surface area contributed by atoms with Crippen LogP contribution in [0.1, 0.15) is 45.0 Å². The average Bonchev–Trinajstić information content (AvgIpc) is 3.08. The first-order chi connectivity index (χ1) is 12.6. The Kier molecular flexibility index (Phi) is 5.90. The summed E-state index contributed by atoms with van der Waals surface area (Å²) in [7, 11) is 3.31. The van der Waals surface area contributed by atoms with E-state index in [0.29, 0.717) is 18.0 Å². The van der Waals surface area contributed by atoms with E-state index < -0.39 is 0 Å². The van der Waals surface area contributed by atoms with Crippen LogP contribution < -0.4 is 10.1 Å². The Morgan fingerprint density at radius 1 is 1.38 bits per heavy atom. The molecule has 6 nitrogen and oxygen atoms in total. The van der Waals surface area contributed by atoms with Crippen molar-refractivity contribution in [1.29, 1.82) is 0 Å². The van der Waals surface area contributed by atoms with E-state index in [2.05, 4.69) is 10.3 Å². The minimum Gasteiger partial charge on any atom is -0.496 e. The van der Waals surface area contributed by atoms with Crippen molar-refractivity contribution in [3.63, 3.8) is 0 Å². The molecule has 0 saturated carbocycles. The number of nitrogens with zero attached hydrogens (tertiary/aromatic N) is 2. The van der Waals surface area contributed by atoms with E-state index in [1.807, 2.05) is 43.0 Å². The maximum Gasteiger partial charge on any atom is 0.266 e. The first kappa shape index (κ1) is 18.8. The van der Waals surface area contributed by atoms with Gasteiger partial charge < -0.3 is 19.7 Å². The van der Waals surface area contributed by atoms with Gasteiger partial charge in [-0.1, -0.05) is 18.2 Å². The minimum absolute atomic E-state index is 0.0203. The predicted molar refractivity (Wildman–Crippen MR) is 102 cm³/mol. The maximum absolute atomic E-state index is 13.3. The Morgan fingerprint density at radius 2 is 2.15 bits per heavy atom. The smallest absolute Gasteiger partial charge is 0.266 e. The van der Waals surface area contributed by atoms with Gasteiger partial charge >= 0.3 is 0 Å². The lowest BCUT2D eigenvalue weighted by Gasteiger charge is -2.37. The highest BCUT2D eigenvalue weighted by Gasteiger charge is 2.32. The van der Waals surface area contributed by atoms with E-state index in [-0.39, 0.29) is 18.1 Å². The Labute approximate surface area is 158 Å². The van der Waals surface area contributed by atoms with Crippen molar-refractivity contribution in [1.82, 2.24) is 15.2 Å². The lowest BCUT2D eigenvalue weighted by Crippen LogP contribution is -2.48. The van der Waals surface area contributed by atoms with Gasteiger partial charge in [0.05, 0.1) is 18.8 Å². The monoisotopic (exact) mass is 375 g/mol. The Bertz CT molecular complexity index is 777. The van der Waals surface area contributed by atoms with Gasteiger partial charge in [-0.2, -0.15) is 0 Å². The number of amides is 1. The van der Waals surface area contributed by atoms with Gasteiger partial charge in [0.15, 0.2) is 0 Å². The van der Waals surface area contributed by atoms with Crippen LogP contribution in [0.4, 0.5) is 0 Å². The van der Waals surface area contributed by atoms with Crippen molar-refractivity contribution in [2.45, 2.75) is 26.0 Å². The molecule has 2 aromatic rings. The zero-order chi connectivity index (χ0) is 18.7. The lowest BCUT2D eigenvalue weighted by atomic mass is 10.0. The number of rotatable bonds is 5. The summed E-state index contributed by atoms with van der Waals surface area (Å²) in [6.07, 6.45) is -0.117. The Hall–Kier alpha value is -1.96. The van der Waals surface area contributed by atoms with Crippen LogP contribution in [0.15, 0.2) is 24.3 Å². The van der Waals surface area contributed by atoms with Crippen LogP contribution in [0.5, 0.6) is 5.75 Å². The fourth-order valence-electron chi connectivity index (χ4n) is 3.19. The van der Waals surface area contributed by atoms with Crippen molar-refractivity contribution in [3.05, 3.63) is 45.4 Å². The molecule has 1 aliphatic rings. The van der Waals surface area contributed by atoms with Crippen molar-refractivity contribution in [3.8, 4) is 5.75 Å². The summed E-state index contributed by atoms with van der Waals surface area (Å²) in [6, 6.07) is 7.80. The zero-order valence-corrected chi connectivity index (χ0v) is 16.4. The van der Waals surface area contributed by atoms with Gasteiger partial charge in [-0.05, 0) is 19.9 Å². The van der Waals surface area contributed by atoms with Crippen LogP contribution in [0.3, 0.4) is 0 Å². The number of carbonyl (C=O) groups is 1. The van der Waals surface area contributed by atoms with Gasteiger partial charge in [0.1, 0.15) is 21.7 Å². The number of nitrogens with one attached hydrogen (secondary N) is 1. The summed E-state index contributed by atoms with van der Waals surface area (Å²) >= 11 is 1.42. The van der Waals surface area contributed by atoms with Crippen molar-refractivity contribution in [2.24, 2.45) is 0 Å². The molecule has 26 heavy (non-hydrogen) atoms. The molecule has 3 rings (SSSR count). The molecule has 0 radical (unpaired) electrons. The lowest BCUT2D eigenvalue weighted by molar-refractivity contribution is 0.0635. The second-order valence-corrected chi connectivity index (χ2v) is 7.34. The first-order valence-corrected chi connectivity index (χ1v) is 9.53. The number of benzene rings is 1. The van der Waals surface area contributed by atoms with Gasteiger partial charge in [0, 0.05) is 32.3 Å². The molecule has 0 spiro atoms. The molecule has 1 fully saturated rings. The SMILES string of the molecule is COc1ccccc1C1CNCCN1C(=O)c1sc(C(C)OC)nc1C. The van der Waals surface area contributed by atoms with E-state index in [4.69, 9.17) is 9.47 Å². The van der Waals surface area contributed by atoms with Crippen LogP contribution in [-0.2, 0) is 4.74 Å². The number of aromatic nitrogens is 1.